The monoisotopic (exact) mass is 345 g/mol. The number of hydrogen-bond acceptors (Lipinski definition) is 1. The fourth-order valence-electron chi connectivity index (χ4n) is 2.67. The molecule has 1 atom stereocenters. The molecule has 1 aliphatic rings. The third-order valence-electron chi connectivity index (χ3n) is 3.81. The van der Waals surface area contributed by atoms with E-state index in [0.29, 0.717) is 12.1 Å². The minimum Gasteiger partial charge on any atom is -0.336 e. The molecule has 1 saturated heterocycles. The number of alkyl halides is 1. The van der Waals surface area contributed by atoms with E-state index in [0.717, 1.165) is 37.1 Å². The van der Waals surface area contributed by atoms with Gasteiger partial charge in [-0.25, -0.2) is 8.78 Å². The van der Waals surface area contributed by atoms with Crippen molar-refractivity contribution in [3.05, 3.63) is 34.9 Å². The summed E-state index contributed by atoms with van der Waals surface area (Å²) in [7, 11) is 0. The van der Waals surface area contributed by atoms with Crippen molar-refractivity contribution in [3.63, 3.8) is 0 Å². The van der Waals surface area contributed by atoms with E-state index >= 15 is 0 Å². The van der Waals surface area contributed by atoms with Crippen molar-refractivity contribution >= 4 is 21.8 Å². The quantitative estimate of drug-likeness (QED) is 0.756. The molecule has 20 heavy (non-hydrogen) atoms. The fourth-order valence-corrected chi connectivity index (χ4v) is 3.20. The summed E-state index contributed by atoms with van der Waals surface area (Å²) in [5.74, 6) is -1.72. The molecule has 1 aromatic carbocycles. The Balaban J connectivity index is 2.27. The highest BCUT2D eigenvalue weighted by Crippen LogP contribution is 2.24. The van der Waals surface area contributed by atoms with Crippen LogP contribution in [0, 0.1) is 18.6 Å². The van der Waals surface area contributed by atoms with Crippen LogP contribution in [-0.2, 0) is 0 Å². The molecular formula is C15H18BrF2NO. The van der Waals surface area contributed by atoms with Crippen LogP contribution in [0.2, 0.25) is 0 Å². The molecule has 0 bridgehead atoms. The molecule has 1 unspecified atom stereocenters. The van der Waals surface area contributed by atoms with Crippen LogP contribution in [0.4, 0.5) is 8.78 Å². The molecule has 1 fully saturated rings. The number of hydrogen-bond donors (Lipinski definition) is 0. The van der Waals surface area contributed by atoms with E-state index in [1.54, 1.807) is 4.90 Å². The summed E-state index contributed by atoms with van der Waals surface area (Å²) in [5, 5.41) is 0.812. The van der Waals surface area contributed by atoms with Gasteiger partial charge in [0.15, 0.2) is 0 Å². The van der Waals surface area contributed by atoms with Gasteiger partial charge in [0.25, 0.3) is 5.91 Å². The first kappa shape index (κ1) is 15.4. The lowest BCUT2D eigenvalue weighted by Crippen LogP contribution is -2.44. The molecule has 1 amide bonds. The molecule has 0 N–H and O–H groups in total. The van der Waals surface area contributed by atoms with Crippen LogP contribution in [-0.4, -0.2) is 28.7 Å². The smallest absolute Gasteiger partial charge is 0.257 e. The van der Waals surface area contributed by atoms with Gasteiger partial charge in [0, 0.05) is 24.0 Å². The third kappa shape index (κ3) is 3.19. The zero-order chi connectivity index (χ0) is 14.7. The number of halogens is 3. The third-order valence-corrected chi connectivity index (χ3v) is 4.27. The van der Waals surface area contributed by atoms with Crippen molar-refractivity contribution in [1.82, 2.24) is 4.90 Å². The van der Waals surface area contributed by atoms with Gasteiger partial charge in [-0.15, -0.1) is 0 Å². The van der Waals surface area contributed by atoms with Crippen molar-refractivity contribution < 1.29 is 13.6 Å². The molecule has 0 aliphatic carbocycles. The molecule has 0 saturated carbocycles. The Morgan fingerprint density at radius 2 is 2.10 bits per heavy atom. The number of benzene rings is 1. The standard InChI is InChI=1S/C15H18BrF2NO/c1-10-8-12(14(18)9-13(10)17)15(20)19-7-3-2-4-11(19)5-6-16/h8-9,11H,2-7H2,1H3. The molecule has 2 rings (SSSR count). The summed E-state index contributed by atoms with van der Waals surface area (Å²) in [5.41, 5.74) is 0.272. The number of likely N-dealkylation sites (tertiary alicyclic amines) is 1. The van der Waals surface area contributed by atoms with E-state index in [1.807, 2.05) is 0 Å². The fraction of sp³-hybridized carbons (Fsp3) is 0.533. The highest BCUT2D eigenvalue weighted by molar-refractivity contribution is 9.09. The van der Waals surface area contributed by atoms with Crippen LogP contribution in [0.1, 0.15) is 41.6 Å². The first-order valence-corrected chi connectivity index (χ1v) is 7.99. The van der Waals surface area contributed by atoms with Crippen molar-refractivity contribution in [1.29, 1.82) is 0 Å². The molecule has 0 spiro atoms. The highest BCUT2D eigenvalue weighted by atomic mass is 79.9. The van der Waals surface area contributed by atoms with Crippen LogP contribution in [0.3, 0.4) is 0 Å². The number of carbonyl (C=O) groups is 1. The summed E-state index contributed by atoms with van der Waals surface area (Å²) in [6.07, 6.45) is 3.82. The lowest BCUT2D eigenvalue weighted by atomic mass is 9.98. The Labute approximate surface area is 126 Å². The van der Waals surface area contributed by atoms with Gasteiger partial charge in [-0.05, 0) is 44.2 Å². The maximum Gasteiger partial charge on any atom is 0.257 e. The van der Waals surface area contributed by atoms with E-state index < -0.39 is 11.6 Å². The van der Waals surface area contributed by atoms with Gasteiger partial charge in [-0.3, -0.25) is 4.79 Å². The molecular weight excluding hydrogens is 328 g/mol. The van der Waals surface area contributed by atoms with E-state index in [2.05, 4.69) is 15.9 Å². The van der Waals surface area contributed by atoms with Crippen LogP contribution < -0.4 is 0 Å². The largest absolute Gasteiger partial charge is 0.336 e. The summed E-state index contributed by atoms with van der Waals surface area (Å²) in [6, 6.07) is 2.25. The molecule has 1 heterocycles. The molecule has 0 radical (unpaired) electrons. The summed E-state index contributed by atoms with van der Waals surface area (Å²) in [6.45, 7) is 2.18. The van der Waals surface area contributed by atoms with Crippen molar-refractivity contribution in [2.45, 2.75) is 38.6 Å². The highest BCUT2D eigenvalue weighted by Gasteiger charge is 2.28. The van der Waals surface area contributed by atoms with Gasteiger partial charge in [0.2, 0.25) is 0 Å². The molecule has 2 nitrogen and oxygen atoms in total. The number of carbonyl (C=O) groups excluding carboxylic acids is 1. The normalized spacial score (nSPS) is 19.2. The number of piperidine rings is 1. The lowest BCUT2D eigenvalue weighted by Gasteiger charge is -2.35. The predicted molar refractivity (Wildman–Crippen MR) is 78.2 cm³/mol. The average molecular weight is 346 g/mol. The van der Waals surface area contributed by atoms with E-state index in [1.165, 1.54) is 13.0 Å². The Kier molecular flexibility index (Phi) is 5.13. The van der Waals surface area contributed by atoms with Crippen molar-refractivity contribution in [2.24, 2.45) is 0 Å². The Morgan fingerprint density at radius 1 is 1.35 bits per heavy atom. The first-order valence-electron chi connectivity index (χ1n) is 6.87. The number of rotatable bonds is 3. The summed E-state index contributed by atoms with van der Waals surface area (Å²) in [4.78, 5) is 14.3. The van der Waals surface area contributed by atoms with Gasteiger partial charge in [0.05, 0.1) is 5.56 Å². The predicted octanol–water partition coefficient (Wildman–Crippen LogP) is 4.05. The second-order valence-electron chi connectivity index (χ2n) is 5.21. The Bertz CT molecular complexity index is 505. The second kappa shape index (κ2) is 6.66. The zero-order valence-electron chi connectivity index (χ0n) is 11.5. The van der Waals surface area contributed by atoms with Crippen LogP contribution in [0.15, 0.2) is 12.1 Å². The topological polar surface area (TPSA) is 20.3 Å². The van der Waals surface area contributed by atoms with E-state index in [9.17, 15) is 13.6 Å². The van der Waals surface area contributed by atoms with Crippen LogP contribution in [0.25, 0.3) is 0 Å². The van der Waals surface area contributed by atoms with Gasteiger partial charge >= 0.3 is 0 Å². The molecule has 1 aromatic rings. The molecule has 110 valence electrons. The molecule has 5 heteroatoms. The maximum absolute atomic E-state index is 13.9. The number of amides is 1. The van der Waals surface area contributed by atoms with Gasteiger partial charge < -0.3 is 4.90 Å². The summed E-state index contributed by atoms with van der Waals surface area (Å²) >= 11 is 3.39. The minimum atomic E-state index is -0.777. The van der Waals surface area contributed by atoms with Gasteiger partial charge in [-0.1, -0.05) is 15.9 Å². The molecule has 0 aromatic heterocycles. The number of nitrogens with zero attached hydrogens (tertiary/aromatic N) is 1. The summed E-state index contributed by atoms with van der Waals surface area (Å²) < 4.78 is 27.1. The van der Waals surface area contributed by atoms with Crippen LogP contribution in [0.5, 0.6) is 0 Å². The number of aryl methyl sites for hydroxylation is 1. The van der Waals surface area contributed by atoms with E-state index in [4.69, 9.17) is 0 Å². The maximum atomic E-state index is 13.9. The SMILES string of the molecule is Cc1cc(C(=O)N2CCCCC2CCBr)c(F)cc1F. The zero-order valence-corrected chi connectivity index (χ0v) is 13.1. The second-order valence-corrected chi connectivity index (χ2v) is 6.00. The Hall–Kier alpha value is -0.970. The first-order chi connectivity index (χ1) is 9.54. The van der Waals surface area contributed by atoms with Crippen molar-refractivity contribution in [2.75, 3.05) is 11.9 Å². The van der Waals surface area contributed by atoms with Gasteiger partial charge in [-0.2, -0.15) is 0 Å². The lowest BCUT2D eigenvalue weighted by molar-refractivity contribution is 0.0605. The molecule has 1 aliphatic heterocycles. The van der Waals surface area contributed by atoms with Gasteiger partial charge in [0.1, 0.15) is 11.6 Å². The average Bonchev–Trinajstić information content (AvgIpc) is 2.43. The Morgan fingerprint density at radius 3 is 2.80 bits per heavy atom. The minimum absolute atomic E-state index is 0.0228. The van der Waals surface area contributed by atoms with Crippen LogP contribution >= 0.6 is 15.9 Å². The van der Waals surface area contributed by atoms with Crippen molar-refractivity contribution in [3.8, 4) is 0 Å². The van der Waals surface area contributed by atoms with E-state index in [-0.39, 0.29) is 17.5 Å².